The lowest BCUT2D eigenvalue weighted by Crippen LogP contribution is -2.40. The molecule has 32 heavy (non-hydrogen) atoms. The zero-order valence-corrected chi connectivity index (χ0v) is 16.6. The van der Waals surface area contributed by atoms with Crippen LogP contribution in [0.25, 0.3) is 11.0 Å². The fourth-order valence-corrected chi connectivity index (χ4v) is 3.40. The molecule has 0 fully saturated rings. The first-order valence-electron chi connectivity index (χ1n) is 9.86. The van der Waals surface area contributed by atoms with Crippen molar-refractivity contribution in [3.63, 3.8) is 0 Å². The smallest absolute Gasteiger partial charge is 0.293 e. The largest absolute Gasteiger partial charge is 0.485 e. The van der Waals surface area contributed by atoms with Crippen LogP contribution in [0, 0.1) is 5.82 Å². The Hall–Kier alpha value is -4.33. The van der Waals surface area contributed by atoms with Crippen LogP contribution in [0.2, 0.25) is 0 Å². The summed E-state index contributed by atoms with van der Waals surface area (Å²) in [6.07, 6.45) is -0.911. The summed E-state index contributed by atoms with van der Waals surface area (Å²) in [5.74, 6) is -0.553. The molecule has 0 bridgehead atoms. The monoisotopic (exact) mass is 432 g/mol. The normalized spacial score (nSPS) is 14.7. The van der Waals surface area contributed by atoms with E-state index in [9.17, 15) is 14.0 Å². The SMILES string of the molecule is O=C(Nc1ccc(F)cc1)c1oc2ccccc2c1NC(=O)[C@H]1COc2ccccc2O1. The van der Waals surface area contributed by atoms with E-state index in [1.165, 1.54) is 24.3 Å². The number of furan rings is 1. The minimum Gasteiger partial charge on any atom is -0.485 e. The predicted octanol–water partition coefficient (Wildman–Crippen LogP) is 4.60. The predicted molar refractivity (Wildman–Crippen MR) is 116 cm³/mol. The van der Waals surface area contributed by atoms with Crippen LogP contribution in [0.5, 0.6) is 11.5 Å². The molecule has 7 nitrogen and oxygen atoms in total. The van der Waals surface area contributed by atoms with Crippen LogP contribution in [-0.2, 0) is 4.79 Å². The maximum Gasteiger partial charge on any atom is 0.293 e. The molecular weight excluding hydrogens is 415 g/mol. The molecule has 0 saturated heterocycles. The van der Waals surface area contributed by atoms with Crippen LogP contribution in [0.4, 0.5) is 15.8 Å². The Morgan fingerprint density at radius 1 is 0.875 bits per heavy atom. The second-order valence-corrected chi connectivity index (χ2v) is 7.12. The van der Waals surface area contributed by atoms with E-state index in [1.54, 1.807) is 42.5 Å². The molecule has 0 aliphatic carbocycles. The van der Waals surface area contributed by atoms with Crippen molar-refractivity contribution in [3.8, 4) is 11.5 Å². The van der Waals surface area contributed by atoms with E-state index >= 15 is 0 Å². The summed E-state index contributed by atoms with van der Waals surface area (Å²) in [4.78, 5) is 25.9. The standard InChI is InChI=1S/C24H17FN2O5/c25-14-9-11-15(12-10-14)26-24(29)22-21(16-5-1-2-6-17(16)32-22)27-23(28)20-13-30-18-7-3-4-8-19(18)31-20/h1-12,20H,13H2,(H,26,29)(H,27,28)/t20-/m1/s1. The second-order valence-electron chi connectivity index (χ2n) is 7.12. The highest BCUT2D eigenvalue weighted by Crippen LogP contribution is 2.34. The molecule has 2 amide bonds. The van der Waals surface area contributed by atoms with Gasteiger partial charge in [-0.15, -0.1) is 0 Å². The summed E-state index contributed by atoms with van der Waals surface area (Å²) in [5.41, 5.74) is 1.03. The summed E-state index contributed by atoms with van der Waals surface area (Å²) >= 11 is 0. The van der Waals surface area contributed by atoms with Gasteiger partial charge in [-0.2, -0.15) is 0 Å². The molecule has 1 aliphatic heterocycles. The summed E-state index contributed by atoms with van der Waals surface area (Å²) in [6, 6.07) is 19.3. The number of halogens is 1. The fraction of sp³-hybridized carbons (Fsp3) is 0.0833. The molecule has 5 rings (SSSR count). The molecule has 160 valence electrons. The minimum absolute atomic E-state index is 0.0236. The molecule has 1 aliphatic rings. The van der Waals surface area contributed by atoms with Crippen LogP contribution < -0.4 is 20.1 Å². The molecule has 2 N–H and O–H groups in total. The van der Waals surface area contributed by atoms with Crippen LogP contribution in [0.1, 0.15) is 10.6 Å². The molecule has 0 radical (unpaired) electrons. The highest BCUT2D eigenvalue weighted by Gasteiger charge is 2.30. The molecule has 3 aromatic carbocycles. The van der Waals surface area contributed by atoms with Gasteiger partial charge in [0.05, 0.1) is 0 Å². The van der Waals surface area contributed by atoms with Crippen LogP contribution in [0.15, 0.2) is 77.2 Å². The van der Waals surface area contributed by atoms with Crippen LogP contribution in [-0.4, -0.2) is 24.5 Å². The van der Waals surface area contributed by atoms with E-state index in [0.717, 1.165) is 0 Å². The Bertz CT molecular complexity index is 1320. The van der Waals surface area contributed by atoms with Gasteiger partial charge in [0.1, 0.15) is 23.7 Å². The summed E-state index contributed by atoms with van der Waals surface area (Å²) in [5, 5.41) is 5.95. The van der Waals surface area contributed by atoms with Crippen molar-refractivity contribution in [1.29, 1.82) is 0 Å². The molecule has 0 unspecified atom stereocenters. The van der Waals surface area contributed by atoms with Crippen molar-refractivity contribution in [1.82, 2.24) is 0 Å². The highest BCUT2D eigenvalue weighted by atomic mass is 19.1. The molecule has 8 heteroatoms. The topological polar surface area (TPSA) is 89.8 Å². The van der Waals surface area contributed by atoms with Gasteiger partial charge in [0.2, 0.25) is 11.9 Å². The van der Waals surface area contributed by atoms with Gasteiger partial charge in [0.15, 0.2) is 11.5 Å². The van der Waals surface area contributed by atoms with E-state index in [2.05, 4.69) is 10.6 Å². The first-order chi connectivity index (χ1) is 15.6. The Morgan fingerprint density at radius 2 is 1.59 bits per heavy atom. The number of fused-ring (bicyclic) bond motifs is 2. The van der Waals surface area contributed by atoms with E-state index in [1.807, 2.05) is 6.07 Å². The van der Waals surface area contributed by atoms with Crippen molar-refractivity contribution in [2.24, 2.45) is 0 Å². The Kier molecular flexibility index (Phi) is 4.95. The maximum absolute atomic E-state index is 13.2. The van der Waals surface area contributed by atoms with Gasteiger partial charge in [-0.25, -0.2) is 4.39 Å². The van der Waals surface area contributed by atoms with Gasteiger partial charge in [0, 0.05) is 11.1 Å². The number of carbonyl (C=O) groups is 2. The highest BCUT2D eigenvalue weighted by molar-refractivity contribution is 6.15. The first kappa shape index (κ1) is 19.6. The van der Waals surface area contributed by atoms with Gasteiger partial charge in [-0.3, -0.25) is 9.59 Å². The number of para-hydroxylation sites is 3. The lowest BCUT2D eigenvalue weighted by molar-refractivity contribution is -0.125. The van der Waals surface area contributed by atoms with Crippen molar-refractivity contribution in [3.05, 3.63) is 84.4 Å². The molecule has 0 saturated carbocycles. The Labute approximate surface area is 181 Å². The third-order valence-electron chi connectivity index (χ3n) is 4.95. The summed E-state index contributed by atoms with van der Waals surface area (Å²) in [6.45, 7) is 0.0236. The average Bonchev–Trinajstić information content (AvgIpc) is 3.19. The van der Waals surface area contributed by atoms with E-state index in [4.69, 9.17) is 13.9 Å². The zero-order chi connectivity index (χ0) is 22.1. The van der Waals surface area contributed by atoms with Gasteiger partial charge >= 0.3 is 0 Å². The van der Waals surface area contributed by atoms with Gasteiger partial charge in [-0.1, -0.05) is 24.3 Å². The third kappa shape index (κ3) is 3.74. The minimum atomic E-state index is -0.911. The third-order valence-corrected chi connectivity index (χ3v) is 4.95. The van der Waals surface area contributed by atoms with E-state index in [-0.39, 0.29) is 18.1 Å². The first-order valence-corrected chi connectivity index (χ1v) is 9.86. The second kappa shape index (κ2) is 8.07. The average molecular weight is 432 g/mol. The number of hydrogen-bond donors (Lipinski definition) is 2. The molecule has 0 spiro atoms. The van der Waals surface area contributed by atoms with E-state index in [0.29, 0.717) is 28.2 Å². The number of rotatable bonds is 4. The maximum atomic E-state index is 13.2. The fourth-order valence-electron chi connectivity index (χ4n) is 3.40. The van der Waals surface area contributed by atoms with Gasteiger partial charge in [0.25, 0.3) is 11.8 Å². The molecule has 4 aromatic rings. The Morgan fingerprint density at radius 3 is 2.41 bits per heavy atom. The number of benzene rings is 3. The van der Waals surface area contributed by atoms with E-state index < -0.39 is 23.7 Å². The van der Waals surface area contributed by atoms with Crippen molar-refractivity contribution < 1.29 is 27.9 Å². The number of nitrogens with one attached hydrogen (secondary N) is 2. The van der Waals surface area contributed by atoms with Crippen molar-refractivity contribution in [2.75, 3.05) is 17.2 Å². The van der Waals surface area contributed by atoms with Crippen molar-refractivity contribution >= 4 is 34.2 Å². The van der Waals surface area contributed by atoms with Crippen molar-refractivity contribution in [2.45, 2.75) is 6.10 Å². The number of hydrogen-bond acceptors (Lipinski definition) is 5. The summed E-state index contributed by atoms with van der Waals surface area (Å²) in [7, 11) is 0. The molecule has 2 heterocycles. The van der Waals surface area contributed by atoms with Gasteiger partial charge in [-0.05, 0) is 48.5 Å². The molecular formula is C24H17FN2O5. The number of anilines is 2. The Balaban J connectivity index is 1.42. The van der Waals surface area contributed by atoms with Gasteiger partial charge < -0.3 is 24.5 Å². The number of carbonyl (C=O) groups excluding carboxylic acids is 2. The van der Waals surface area contributed by atoms with Crippen LogP contribution in [0.3, 0.4) is 0 Å². The molecule has 1 aromatic heterocycles. The van der Waals surface area contributed by atoms with Crippen LogP contribution >= 0.6 is 0 Å². The molecule has 1 atom stereocenters. The number of ether oxygens (including phenoxy) is 2. The zero-order valence-electron chi connectivity index (χ0n) is 16.6. The summed E-state index contributed by atoms with van der Waals surface area (Å²) < 4.78 is 30.3. The lowest BCUT2D eigenvalue weighted by atomic mass is 10.2. The number of amides is 2. The quantitative estimate of drug-likeness (QED) is 0.492. The lowest BCUT2D eigenvalue weighted by Gasteiger charge is -2.25.